The third-order valence-electron chi connectivity index (χ3n) is 2.96. The van der Waals surface area contributed by atoms with Crippen molar-refractivity contribution in [2.24, 2.45) is 0 Å². The summed E-state index contributed by atoms with van der Waals surface area (Å²) in [7, 11) is 1.54. The molecule has 1 heterocycles. The number of amides is 1. The number of hydrogen-bond donors (Lipinski definition) is 1. The molecule has 1 aromatic rings. The zero-order valence-corrected chi connectivity index (χ0v) is 15.0. The van der Waals surface area contributed by atoms with Crippen molar-refractivity contribution in [3.8, 4) is 0 Å². The summed E-state index contributed by atoms with van der Waals surface area (Å²) in [5, 5.41) is 1.72. The summed E-state index contributed by atoms with van der Waals surface area (Å²) in [4.78, 5) is 25.2. The van der Waals surface area contributed by atoms with E-state index in [4.69, 9.17) is 16.3 Å². The lowest BCUT2D eigenvalue weighted by atomic mass is 10.0. The Balaban J connectivity index is 2.07. The van der Waals surface area contributed by atoms with Crippen LogP contribution >= 0.6 is 23.4 Å². The Hall–Kier alpha value is -1.66. The van der Waals surface area contributed by atoms with Crippen molar-refractivity contribution in [3.05, 3.63) is 40.6 Å². The van der Waals surface area contributed by atoms with Gasteiger partial charge in [0.1, 0.15) is 5.60 Å². The largest absolute Gasteiger partial charge is 0.442 e. The molecule has 1 aliphatic rings. The van der Waals surface area contributed by atoms with Gasteiger partial charge in [-0.3, -0.25) is 4.79 Å². The average Bonchev–Trinajstić information content (AvgIpc) is 2.45. The van der Waals surface area contributed by atoms with Crippen LogP contribution in [0.3, 0.4) is 0 Å². The number of rotatable bonds is 2. The number of Topliss-reactive ketones (excluding diaryl/α,β-unsaturated/α-hetero) is 1. The number of carbonyl (C=O) groups is 2. The van der Waals surface area contributed by atoms with Gasteiger partial charge in [0, 0.05) is 40.1 Å². The lowest BCUT2D eigenvalue weighted by Crippen LogP contribution is -2.40. The number of ether oxygens (including phenoxy) is 1. The lowest BCUT2D eigenvalue weighted by Gasteiger charge is -2.25. The Morgan fingerprint density at radius 2 is 2.13 bits per heavy atom. The first-order chi connectivity index (χ1) is 10.7. The van der Waals surface area contributed by atoms with E-state index in [9.17, 15) is 9.59 Å². The summed E-state index contributed by atoms with van der Waals surface area (Å²) in [5.74, 6) is 0.439. The van der Waals surface area contributed by atoms with Crippen LogP contribution in [-0.2, 0) is 4.74 Å². The Morgan fingerprint density at radius 3 is 2.78 bits per heavy atom. The minimum atomic E-state index is -0.577. The van der Waals surface area contributed by atoms with Gasteiger partial charge in [0.05, 0.1) is 0 Å². The van der Waals surface area contributed by atoms with Gasteiger partial charge in [-0.25, -0.2) is 9.80 Å². The zero-order valence-electron chi connectivity index (χ0n) is 13.5. The van der Waals surface area contributed by atoms with Crippen LogP contribution in [0.25, 0.3) is 0 Å². The summed E-state index contributed by atoms with van der Waals surface area (Å²) in [5.41, 5.74) is 3.36. The van der Waals surface area contributed by atoms with Crippen LogP contribution in [0.4, 0.5) is 4.79 Å². The fraction of sp³-hybridized carbons (Fsp3) is 0.375. The summed E-state index contributed by atoms with van der Waals surface area (Å²) < 4.78 is 5.23. The maximum Gasteiger partial charge on any atom is 0.428 e. The summed E-state index contributed by atoms with van der Waals surface area (Å²) in [6.07, 6.45) is 1.01. The second kappa shape index (κ2) is 6.84. The molecule has 1 amide bonds. The molecule has 2 rings (SSSR count). The predicted octanol–water partition coefficient (Wildman–Crippen LogP) is 3.88. The molecule has 0 spiro atoms. The normalized spacial score (nSPS) is 16.0. The van der Waals surface area contributed by atoms with Gasteiger partial charge in [-0.1, -0.05) is 11.6 Å². The van der Waals surface area contributed by atoms with E-state index in [2.05, 4.69) is 5.43 Å². The van der Waals surface area contributed by atoms with Crippen molar-refractivity contribution in [1.82, 2.24) is 10.4 Å². The van der Waals surface area contributed by atoms with Crippen molar-refractivity contribution < 1.29 is 14.3 Å². The van der Waals surface area contributed by atoms with E-state index in [1.807, 2.05) is 6.07 Å². The average molecular weight is 355 g/mol. The third-order valence-corrected chi connectivity index (χ3v) is 4.32. The van der Waals surface area contributed by atoms with E-state index >= 15 is 0 Å². The van der Waals surface area contributed by atoms with Gasteiger partial charge >= 0.3 is 6.09 Å². The fourth-order valence-electron chi connectivity index (χ4n) is 1.86. The fourth-order valence-corrected chi connectivity index (χ4v) is 3.03. The van der Waals surface area contributed by atoms with Gasteiger partial charge in [-0.2, -0.15) is 0 Å². The molecule has 7 heteroatoms. The molecule has 0 saturated carbocycles. The number of benzene rings is 1. The number of nitrogens with zero attached hydrogens (tertiary/aromatic N) is 1. The number of hydrogen-bond acceptors (Lipinski definition) is 5. The van der Waals surface area contributed by atoms with E-state index in [0.29, 0.717) is 21.9 Å². The Morgan fingerprint density at radius 1 is 1.43 bits per heavy atom. The van der Waals surface area contributed by atoms with E-state index < -0.39 is 11.7 Å². The van der Waals surface area contributed by atoms with Crippen LogP contribution in [-0.4, -0.2) is 35.3 Å². The zero-order chi connectivity index (χ0) is 17.2. The van der Waals surface area contributed by atoms with Crippen molar-refractivity contribution in [1.29, 1.82) is 0 Å². The number of ketones is 1. The molecule has 0 fully saturated rings. The molecule has 1 N–H and O–H groups in total. The molecule has 0 aromatic heterocycles. The molecule has 124 valence electrons. The highest BCUT2D eigenvalue weighted by Crippen LogP contribution is 2.33. The van der Waals surface area contributed by atoms with Crippen LogP contribution < -0.4 is 5.43 Å². The number of nitrogens with one attached hydrogen (secondary N) is 1. The highest BCUT2D eigenvalue weighted by atomic mass is 35.5. The highest BCUT2D eigenvalue weighted by Gasteiger charge is 2.24. The van der Waals surface area contributed by atoms with Gasteiger partial charge in [0.25, 0.3) is 0 Å². The maximum absolute atomic E-state index is 12.5. The third kappa shape index (κ3) is 4.65. The van der Waals surface area contributed by atoms with E-state index in [1.165, 1.54) is 18.3 Å². The minimum Gasteiger partial charge on any atom is -0.442 e. The highest BCUT2D eigenvalue weighted by molar-refractivity contribution is 7.99. The molecule has 0 saturated heterocycles. The van der Waals surface area contributed by atoms with Crippen LogP contribution in [0, 0.1) is 0 Å². The van der Waals surface area contributed by atoms with E-state index in [-0.39, 0.29) is 5.78 Å². The van der Waals surface area contributed by atoms with Gasteiger partial charge in [0.2, 0.25) is 0 Å². The van der Waals surface area contributed by atoms with E-state index in [1.54, 1.807) is 44.7 Å². The number of halogens is 1. The molecular weight excluding hydrogens is 336 g/mol. The molecule has 0 bridgehead atoms. The number of hydrazine groups is 1. The van der Waals surface area contributed by atoms with Gasteiger partial charge in [0.15, 0.2) is 5.78 Å². The van der Waals surface area contributed by atoms with Crippen molar-refractivity contribution in [3.63, 3.8) is 0 Å². The van der Waals surface area contributed by atoms with Gasteiger partial charge < -0.3 is 10.2 Å². The second-order valence-electron chi connectivity index (χ2n) is 6.10. The summed E-state index contributed by atoms with van der Waals surface area (Å²) >= 11 is 7.51. The van der Waals surface area contributed by atoms with E-state index in [0.717, 1.165) is 4.90 Å². The molecule has 1 aromatic carbocycles. The molecule has 5 nitrogen and oxygen atoms in total. The van der Waals surface area contributed by atoms with Gasteiger partial charge in [-0.05, 0) is 39.0 Å². The molecule has 0 radical (unpaired) electrons. The Bertz CT molecular complexity index is 668. The molecule has 0 aliphatic carbocycles. The summed E-state index contributed by atoms with van der Waals surface area (Å²) in [6, 6.07) is 5.28. The van der Waals surface area contributed by atoms with Crippen molar-refractivity contribution >= 4 is 35.2 Å². The first kappa shape index (κ1) is 17.7. The first-order valence-electron chi connectivity index (χ1n) is 7.06. The number of fused-ring (bicyclic) bond motifs is 1. The lowest BCUT2D eigenvalue weighted by molar-refractivity contribution is 0.0236. The standard InChI is InChI=1S/C16H19ClN2O3S/c1-16(2,3)22-15(21)19(4)18-8-10-9-23-13-6-5-11(17)7-12(13)14(10)20/h5-8,18H,9H2,1-4H3/b10-8-. The molecule has 23 heavy (non-hydrogen) atoms. The molecular formula is C16H19ClN2O3S. The van der Waals surface area contributed by atoms with Crippen LogP contribution in [0.1, 0.15) is 31.1 Å². The van der Waals surface area contributed by atoms with Crippen LogP contribution in [0.2, 0.25) is 5.02 Å². The van der Waals surface area contributed by atoms with Crippen LogP contribution in [0.5, 0.6) is 0 Å². The smallest absolute Gasteiger partial charge is 0.428 e. The van der Waals surface area contributed by atoms with Gasteiger partial charge in [-0.15, -0.1) is 11.8 Å². The molecule has 0 atom stereocenters. The number of carbonyl (C=O) groups excluding carboxylic acids is 2. The molecule has 0 unspecified atom stereocenters. The Kier molecular flexibility index (Phi) is 5.26. The minimum absolute atomic E-state index is 0.0914. The topological polar surface area (TPSA) is 58.6 Å². The predicted molar refractivity (Wildman–Crippen MR) is 91.7 cm³/mol. The number of thioether (sulfide) groups is 1. The van der Waals surface area contributed by atoms with Crippen molar-refractivity contribution in [2.75, 3.05) is 12.8 Å². The van der Waals surface area contributed by atoms with Crippen molar-refractivity contribution in [2.45, 2.75) is 31.3 Å². The second-order valence-corrected chi connectivity index (χ2v) is 7.55. The quantitative estimate of drug-likeness (QED) is 0.645. The first-order valence-corrected chi connectivity index (χ1v) is 8.43. The molecule has 1 aliphatic heterocycles. The Labute approximate surface area is 145 Å². The maximum atomic E-state index is 12.5. The SMILES string of the molecule is CN(N/C=C1/CSc2ccc(Cl)cc2C1=O)C(=O)OC(C)(C)C. The monoisotopic (exact) mass is 354 g/mol. The van der Waals surface area contributed by atoms with Crippen LogP contribution in [0.15, 0.2) is 34.9 Å². The summed E-state index contributed by atoms with van der Waals surface area (Å²) in [6.45, 7) is 5.37.